The lowest BCUT2D eigenvalue weighted by atomic mass is 10.2. The van der Waals surface area contributed by atoms with Crippen LogP contribution in [0.15, 0.2) is 39.9 Å². The van der Waals surface area contributed by atoms with Gasteiger partial charge in [0.25, 0.3) is 0 Å². The molecule has 3 aromatic rings. The molecule has 0 aliphatic heterocycles. The van der Waals surface area contributed by atoms with E-state index in [1.807, 2.05) is 10.8 Å². The molecule has 0 radical (unpaired) electrons. The number of furan rings is 1. The van der Waals surface area contributed by atoms with Crippen molar-refractivity contribution in [2.24, 2.45) is 0 Å². The fourth-order valence-corrected chi connectivity index (χ4v) is 1.93. The molecule has 0 aromatic carbocycles. The molecule has 0 saturated heterocycles. The number of hydrogen-bond acceptors (Lipinski definition) is 5. The van der Waals surface area contributed by atoms with Gasteiger partial charge in [0.15, 0.2) is 0 Å². The van der Waals surface area contributed by atoms with E-state index in [9.17, 15) is 0 Å². The molecule has 0 fully saturated rings. The molecule has 3 aromatic heterocycles. The zero-order valence-electron chi connectivity index (χ0n) is 10.8. The first-order chi connectivity index (χ1) is 9.24. The molecule has 19 heavy (non-hydrogen) atoms. The molecule has 6 heteroatoms. The highest BCUT2D eigenvalue weighted by Gasteiger charge is 2.13. The highest BCUT2D eigenvalue weighted by Crippen LogP contribution is 2.17. The Morgan fingerprint density at radius 2 is 2.26 bits per heavy atom. The first kappa shape index (κ1) is 11.7. The van der Waals surface area contributed by atoms with Crippen LogP contribution in [0.2, 0.25) is 0 Å². The molecule has 0 amide bonds. The molecule has 3 rings (SSSR count). The summed E-state index contributed by atoms with van der Waals surface area (Å²) in [4.78, 5) is 8.67. The van der Waals surface area contributed by atoms with Gasteiger partial charge in [0, 0.05) is 18.3 Å². The van der Waals surface area contributed by atoms with Crippen LogP contribution in [0.1, 0.15) is 31.5 Å². The maximum absolute atomic E-state index is 5.25. The Morgan fingerprint density at radius 3 is 3.00 bits per heavy atom. The predicted octanol–water partition coefficient (Wildman–Crippen LogP) is 2.70. The van der Waals surface area contributed by atoms with Crippen LogP contribution in [0, 0.1) is 0 Å². The highest BCUT2D eigenvalue weighted by molar-refractivity contribution is 5.51. The lowest BCUT2D eigenvalue weighted by Gasteiger charge is -2.07. The molecule has 3 heterocycles. The first-order valence-electron chi connectivity index (χ1n) is 6.10. The summed E-state index contributed by atoms with van der Waals surface area (Å²) in [5, 5.41) is 3.93. The van der Waals surface area contributed by atoms with Gasteiger partial charge in [-0.15, -0.1) is 0 Å². The second-order valence-corrected chi connectivity index (χ2v) is 4.59. The standard InChI is InChI=1S/C13H14N4O2/c1-9(2)13-14-4-5-17(13)7-11-15-12(16-19-11)10-3-6-18-8-10/h3-6,8-9H,7H2,1-2H3. The van der Waals surface area contributed by atoms with Crippen molar-refractivity contribution in [3.63, 3.8) is 0 Å². The van der Waals surface area contributed by atoms with E-state index >= 15 is 0 Å². The van der Waals surface area contributed by atoms with Gasteiger partial charge in [-0.1, -0.05) is 19.0 Å². The molecule has 6 nitrogen and oxygen atoms in total. The van der Waals surface area contributed by atoms with Gasteiger partial charge in [-0.3, -0.25) is 0 Å². The molecular formula is C13H14N4O2. The molecule has 0 spiro atoms. The summed E-state index contributed by atoms with van der Waals surface area (Å²) >= 11 is 0. The van der Waals surface area contributed by atoms with Crippen molar-refractivity contribution < 1.29 is 8.94 Å². The Morgan fingerprint density at radius 1 is 1.37 bits per heavy atom. The molecule has 0 atom stereocenters. The first-order valence-corrected chi connectivity index (χ1v) is 6.10. The van der Waals surface area contributed by atoms with Crippen LogP contribution >= 0.6 is 0 Å². The Kier molecular flexibility index (Phi) is 2.91. The van der Waals surface area contributed by atoms with Crippen LogP contribution in [0.25, 0.3) is 11.4 Å². The molecule has 0 N–H and O–H groups in total. The number of rotatable bonds is 4. The van der Waals surface area contributed by atoms with Crippen molar-refractivity contribution in [3.8, 4) is 11.4 Å². The van der Waals surface area contributed by atoms with Crippen molar-refractivity contribution in [1.82, 2.24) is 19.7 Å². The van der Waals surface area contributed by atoms with E-state index in [-0.39, 0.29) is 0 Å². The van der Waals surface area contributed by atoms with E-state index in [1.165, 1.54) is 0 Å². The summed E-state index contributed by atoms with van der Waals surface area (Å²) < 4.78 is 12.3. The van der Waals surface area contributed by atoms with E-state index < -0.39 is 0 Å². The van der Waals surface area contributed by atoms with Crippen molar-refractivity contribution in [2.45, 2.75) is 26.3 Å². The SMILES string of the molecule is CC(C)c1nccn1Cc1nc(-c2ccoc2)no1. The Hall–Kier alpha value is -2.37. The Labute approximate surface area is 110 Å². The van der Waals surface area contributed by atoms with Crippen LogP contribution in [0.5, 0.6) is 0 Å². The number of imidazole rings is 1. The lowest BCUT2D eigenvalue weighted by molar-refractivity contribution is 0.369. The van der Waals surface area contributed by atoms with E-state index in [2.05, 4.69) is 29.0 Å². The van der Waals surface area contributed by atoms with Gasteiger partial charge in [-0.25, -0.2) is 4.98 Å². The third kappa shape index (κ3) is 2.29. The van der Waals surface area contributed by atoms with E-state index in [0.29, 0.717) is 24.2 Å². The van der Waals surface area contributed by atoms with Crippen LogP contribution in [0.3, 0.4) is 0 Å². The summed E-state index contributed by atoms with van der Waals surface area (Å²) in [6, 6.07) is 1.80. The smallest absolute Gasteiger partial charge is 0.246 e. The van der Waals surface area contributed by atoms with Gasteiger partial charge in [0.2, 0.25) is 11.7 Å². The van der Waals surface area contributed by atoms with Crippen LogP contribution in [0.4, 0.5) is 0 Å². The summed E-state index contributed by atoms with van der Waals surface area (Å²) in [6.45, 7) is 4.73. The van der Waals surface area contributed by atoms with Crippen molar-refractivity contribution in [1.29, 1.82) is 0 Å². The number of hydrogen-bond donors (Lipinski definition) is 0. The van der Waals surface area contributed by atoms with Crippen molar-refractivity contribution >= 4 is 0 Å². The summed E-state index contributed by atoms with van der Waals surface area (Å²) in [6.07, 6.45) is 6.86. The maximum atomic E-state index is 5.25. The minimum atomic E-state index is 0.353. The number of nitrogens with zero attached hydrogens (tertiary/aromatic N) is 4. The summed E-state index contributed by atoms with van der Waals surface area (Å²) in [5.74, 6) is 2.44. The van der Waals surface area contributed by atoms with Gasteiger partial charge < -0.3 is 13.5 Å². The molecule has 0 aliphatic rings. The molecule has 0 unspecified atom stereocenters. The molecule has 98 valence electrons. The van der Waals surface area contributed by atoms with Gasteiger partial charge in [0.05, 0.1) is 11.8 Å². The zero-order chi connectivity index (χ0) is 13.2. The average Bonchev–Trinajstić information content (AvgIpc) is 3.09. The topological polar surface area (TPSA) is 69.9 Å². The zero-order valence-corrected chi connectivity index (χ0v) is 10.8. The Balaban J connectivity index is 1.82. The summed E-state index contributed by atoms with van der Waals surface area (Å²) in [7, 11) is 0. The minimum Gasteiger partial charge on any atom is -0.472 e. The quantitative estimate of drug-likeness (QED) is 0.719. The maximum Gasteiger partial charge on any atom is 0.246 e. The van der Waals surface area contributed by atoms with E-state index in [0.717, 1.165) is 11.4 Å². The minimum absolute atomic E-state index is 0.353. The fourth-order valence-electron chi connectivity index (χ4n) is 1.93. The van der Waals surface area contributed by atoms with Crippen LogP contribution in [-0.2, 0) is 6.54 Å². The van der Waals surface area contributed by atoms with Crippen LogP contribution < -0.4 is 0 Å². The monoisotopic (exact) mass is 258 g/mol. The third-order valence-electron chi connectivity index (χ3n) is 2.82. The predicted molar refractivity (Wildman–Crippen MR) is 67.4 cm³/mol. The second-order valence-electron chi connectivity index (χ2n) is 4.59. The van der Waals surface area contributed by atoms with Gasteiger partial charge >= 0.3 is 0 Å². The second kappa shape index (κ2) is 4.72. The van der Waals surface area contributed by atoms with Gasteiger partial charge in [0.1, 0.15) is 18.6 Å². The van der Waals surface area contributed by atoms with Crippen molar-refractivity contribution in [2.75, 3.05) is 0 Å². The fraction of sp³-hybridized carbons (Fsp3) is 0.308. The highest BCUT2D eigenvalue weighted by atomic mass is 16.5. The molecule has 0 saturated carbocycles. The molecular weight excluding hydrogens is 244 g/mol. The third-order valence-corrected chi connectivity index (χ3v) is 2.82. The lowest BCUT2D eigenvalue weighted by Crippen LogP contribution is -2.06. The van der Waals surface area contributed by atoms with Crippen LogP contribution in [-0.4, -0.2) is 19.7 Å². The van der Waals surface area contributed by atoms with Gasteiger partial charge in [-0.2, -0.15) is 4.98 Å². The molecule has 0 aliphatic carbocycles. The normalized spacial score (nSPS) is 11.3. The Bertz CT molecular complexity index is 652. The average molecular weight is 258 g/mol. The van der Waals surface area contributed by atoms with E-state index in [1.54, 1.807) is 24.8 Å². The summed E-state index contributed by atoms with van der Waals surface area (Å²) in [5.41, 5.74) is 0.810. The molecule has 0 bridgehead atoms. The number of aromatic nitrogens is 4. The van der Waals surface area contributed by atoms with E-state index in [4.69, 9.17) is 8.94 Å². The van der Waals surface area contributed by atoms with Gasteiger partial charge in [-0.05, 0) is 6.07 Å². The largest absolute Gasteiger partial charge is 0.472 e. The van der Waals surface area contributed by atoms with Crippen molar-refractivity contribution in [3.05, 3.63) is 42.7 Å².